The Bertz CT molecular complexity index is 1070. The van der Waals surface area contributed by atoms with Crippen LogP contribution in [-0.4, -0.2) is 20.3 Å². The van der Waals surface area contributed by atoms with Gasteiger partial charge in [-0.15, -0.1) is 0 Å². The summed E-state index contributed by atoms with van der Waals surface area (Å²) in [5.41, 5.74) is 5.95. The minimum atomic E-state index is -0.630. The quantitative estimate of drug-likeness (QED) is 0.305. The van der Waals surface area contributed by atoms with Crippen LogP contribution in [-0.2, 0) is 6.61 Å². The van der Waals surface area contributed by atoms with E-state index in [1.165, 1.54) is 0 Å². The first-order valence-corrected chi connectivity index (χ1v) is 9.58. The van der Waals surface area contributed by atoms with Crippen molar-refractivity contribution >= 4 is 11.7 Å². The number of hydrogen-bond acceptors (Lipinski definition) is 6. The number of nitrogens with zero attached hydrogens (tertiary/aromatic N) is 1. The Hall–Kier alpha value is -3.75. The van der Waals surface area contributed by atoms with Crippen molar-refractivity contribution in [2.45, 2.75) is 13.5 Å². The molecular formula is C23H26N4O4. The molecule has 31 heavy (non-hydrogen) atoms. The lowest BCUT2D eigenvalue weighted by Crippen LogP contribution is -2.48. The number of hydrazine groups is 2. The fraction of sp³-hybridized carbons (Fsp3) is 0.174. The Morgan fingerprint density at radius 3 is 2.39 bits per heavy atom. The highest BCUT2D eigenvalue weighted by Crippen LogP contribution is 2.38. The number of ether oxygens (including phenoxy) is 3. The fourth-order valence-corrected chi connectivity index (χ4v) is 3.29. The van der Waals surface area contributed by atoms with E-state index < -0.39 is 6.03 Å². The van der Waals surface area contributed by atoms with Crippen LogP contribution in [0.2, 0.25) is 0 Å². The van der Waals surface area contributed by atoms with E-state index >= 15 is 0 Å². The van der Waals surface area contributed by atoms with Gasteiger partial charge in [-0.2, -0.15) is 0 Å². The zero-order chi connectivity index (χ0) is 22.4. The average molecular weight is 422 g/mol. The van der Waals surface area contributed by atoms with Crippen LogP contribution in [0.3, 0.4) is 0 Å². The van der Waals surface area contributed by atoms with Crippen molar-refractivity contribution in [1.82, 2.24) is 5.43 Å². The number of carbonyl (C=O) groups is 1. The lowest BCUT2D eigenvalue weighted by atomic mass is 10.0. The van der Waals surface area contributed by atoms with Crippen LogP contribution >= 0.6 is 0 Å². The predicted octanol–water partition coefficient (Wildman–Crippen LogP) is 3.52. The molecule has 0 spiro atoms. The summed E-state index contributed by atoms with van der Waals surface area (Å²) in [5, 5.41) is 0.958. The highest BCUT2D eigenvalue weighted by Gasteiger charge is 2.17. The number of urea groups is 1. The zero-order valence-corrected chi connectivity index (χ0v) is 17.7. The lowest BCUT2D eigenvalue weighted by Gasteiger charge is -2.21. The molecule has 0 aliphatic carbocycles. The second kappa shape index (κ2) is 9.84. The minimum Gasteiger partial charge on any atom is -0.496 e. The SMILES string of the molecule is COc1ccccc1-c1cc(OCc2c(C)cccc2N(N)C(=O)NN)ccc1OC. The molecule has 0 aromatic heterocycles. The standard InChI is InChI=1S/C23H26N4O4/c1-15-7-6-9-20(27(25)23(28)26-24)19(15)14-31-16-11-12-22(30-3)18(13-16)17-8-4-5-10-21(17)29-2/h4-13H,14,24-25H2,1-3H3,(H,26,28). The van der Waals surface area contributed by atoms with E-state index in [0.717, 1.165) is 33.0 Å². The number of amides is 2. The number of benzene rings is 3. The average Bonchev–Trinajstić information content (AvgIpc) is 2.81. The molecule has 0 heterocycles. The summed E-state index contributed by atoms with van der Waals surface area (Å²) in [4.78, 5) is 11.9. The van der Waals surface area contributed by atoms with Gasteiger partial charge in [0.15, 0.2) is 0 Å². The summed E-state index contributed by atoms with van der Waals surface area (Å²) in [6.07, 6.45) is 0. The maximum absolute atomic E-state index is 11.9. The first-order valence-electron chi connectivity index (χ1n) is 9.58. The van der Waals surface area contributed by atoms with Crippen LogP contribution in [0.5, 0.6) is 17.2 Å². The number of nitrogens with one attached hydrogen (secondary N) is 1. The Morgan fingerprint density at radius 1 is 0.968 bits per heavy atom. The molecule has 162 valence electrons. The maximum atomic E-state index is 11.9. The first-order chi connectivity index (χ1) is 15.0. The van der Waals surface area contributed by atoms with E-state index in [1.54, 1.807) is 20.3 Å². The predicted molar refractivity (Wildman–Crippen MR) is 120 cm³/mol. The summed E-state index contributed by atoms with van der Waals surface area (Å²) in [6, 6.07) is 18.1. The van der Waals surface area contributed by atoms with Crippen molar-refractivity contribution in [3.63, 3.8) is 0 Å². The van der Waals surface area contributed by atoms with E-state index in [4.69, 9.17) is 25.9 Å². The number of para-hydroxylation sites is 1. The van der Waals surface area contributed by atoms with Crippen LogP contribution in [0.4, 0.5) is 10.5 Å². The van der Waals surface area contributed by atoms with Gasteiger partial charge in [-0.05, 0) is 42.8 Å². The smallest absolute Gasteiger partial charge is 0.350 e. The number of anilines is 1. The van der Waals surface area contributed by atoms with Crippen molar-refractivity contribution < 1.29 is 19.0 Å². The molecule has 0 aliphatic rings. The van der Waals surface area contributed by atoms with E-state index in [2.05, 4.69) is 0 Å². The topological polar surface area (TPSA) is 112 Å². The van der Waals surface area contributed by atoms with E-state index in [-0.39, 0.29) is 6.61 Å². The van der Waals surface area contributed by atoms with E-state index in [0.29, 0.717) is 17.2 Å². The third-order valence-electron chi connectivity index (χ3n) is 4.94. The van der Waals surface area contributed by atoms with Crippen LogP contribution in [0, 0.1) is 6.92 Å². The Balaban J connectivity index is 1.93. The van der Waals surface area contributed by atoms with Crippen molar-refractivity contribution in [3.05, 3.63) is 71.8 Å². The first kappa shape index (κ1) is 21.9. The molecule has 3 rings (SSSR count). The highest BCUT2D eigenvalue weighted by molar-refractivity contribution is 5.91. The Morgan fingerprint density at radius 2 is 1.68 bits per heavy atom. The van der Waals surface area contributed by atoms with E-state index in [9.17, 15) is 4.79 Å². The Labute approximate surface area is 181 Å². The van der Waals surface area contributed by atoms with Crippen LogP contribution in [0.15, 0.2) is 60.7 Å². The molecule has 2 amide bonds. The number of hydrogen-bond donors (Lipinski definition) is 3. The molecule has 0 saturated heterocycles. The second-order valence-electron chi connectivity index (χ2n) is 6.74. The molecule has 8 nitrogen and oxygen atoms in total. The number of methoxy groups -OCH3 is 2. The van der Waals surface area contributed by atoms with Gasteiger partial charge in [-0.1, -0.05) is 30.3 Å². The van der Waals surface area contributed by atoms with Gasteiger partial charge >= 0.3 is 6.03 Å². The third-order valence-corrected chi connectivity index (χ3v) is 4.94. The van der Waals surface area contributed by atoms with Crippen LogP contribution in [0.25, 0.3) is 11.1 Å². The van der Waals surface area contributed by atoms with Gasteiger partial charge in [0.05, 0.1) is 19.9 Å². The normalized spacial score (nSPS) is 10.4. The summed E-state index contributed by atoms with van der Waals surface area (Å²) in [6.45, 7) is 2.12. The molecule has 8 heteroatoms. The minimum absolute atomic E-state index is 0.200. The van der Waals surface area contributed by atoms with Crippen LogP contribution in [0.1, 0.15) is 11.1 Å². The van der Waals surface area contributed by atoms with Crippen molar-refractivity contribution in [3.8, 4) is 28.4 Å². The molecule has 0 saturated carbocycles. The van der Waals surface area contributed by atoms with Gasteiger partial charge in [0.25, 0.3) is 0 Å². The summed E-state index contributed by atoms with van der Waals surface area (Å²) in [7, 11) is 3.24. The second-order valence-corrected chi connectivity index (χ2v) is 6.74. The van der Waals surface area contributed by atoms with Gasteiger partial charge in [-0.25, -0.2) is 21.5 Å². The number of nitrogens with two attached hydrogens (primary N) is 2. The summed E-state index contributed by atoms with van der Waals surface area (Å²) in [5.74, 6) is 13.2. The van der Waals surface area contributed by atoms with Gasteiger partial charge < -0.3 is 14.2 Å². The molecule has 0 fully saturated rings. The van der Waals surface area contributed by atoms with E-state index in [1.807, 2.05) is 66.9 Å². The number of aryl methyl sites for hydroxylation is 1. The Kier molecular flexibility index (Phi) is 6.96. The highest BCUT2D eigenvalue weighted by atomic mass is 16.5. The molecule has 0 bridgehead atoms. The monoisotopic (exact) mass is 422 g/mol. The number of rotatable bonds is 7. The van der Waals surface area contributed by atoms with Gasteiger partial charge in [-0.3, -0.25) is 5.43 Å². The number of carbonyl (C=O) groups excluding carboxylic acids is 1. The molecule has 5 N–H and O–H groups in total. The molecule has 0 unspecified atom stereocenters. The van der Waals surface area contributed by atoms with Gasteiger partial charge in [0.2, 0.25) is 0 Å². The molecular weight excluding hydrogens is 396 g/mol. The largest absolute Gasteiger partial charge is 0.496 e. The van der Waals surface area contributed by atoms with Crippen molar-refractivity contribution in [2.75, 3.05) is 19.2 Å². The summed E-state index contributed by atoms with van der Waals surface area (Å²) >= 11 is 0. The van der Waals surface area contributed by atoms with Gasteiger partial charge in [0, 0.05) is 16.7 Å². The maximum Gasteiger partial charge on any atom is 0.350 e. The molecule has 0 atom stereocenters. The molecule has 0 aliphatic heterocycles. The van der Waals surface area contributed by atoms with Crippen molar-refractivity contribution in [2.24, 2.45) is 11.7 Å². The molecule has 3 aromatic rings. The third kappa shape index (κ3) is 4.71. The van der Waals surface area contributed by atoms with Gasteiger partial charge in [0.1, 0.15) is 23.9 Å². The molecule has 0 radical (unpaired) electrons. The lowest BCUT2D eigenvalue weighted by molar-refractivity contribution is 0.246. The van der Waals surface area contributed by atoms with Crippen molar-refractivity contribution in [1.29, 1.82) is 0 Å². The zero-order valence-electron chi connectivity index (χ0n) is 17.7. The summed E-state index contributed by atoms with van der Waals surface area (Å²) < 4.78 is 17.1. The molecule has 3 aromatic carbocycles. The fourth-order valence-electron chi connectivity index (χ4n) is 3.29. The van der Waals surface area contributed by atoms with Crippen LogP contribution < -0.4 is 36.3 Å².